The molecular weight excluding hydrogens is 739 g/mol. The molecule has 0 bridgehead atoms. The van der Waals surface area contributed by atoms with Gasteiger partial charge < -0.3 is 13.5 Å². The summed E-state index contributed by atoms with van der Waals surface area (Å²) in [5.74, 6) is 0. The van der Waals surface area contributed by atoms with Crippen LogP contribution >= 0.6 is 0 Å². The number of hydrogen-bond donors (Lipinski definition) is 0. The van der Waals surface area contributed by atoms with Crippen LogP contribution in [0.2, 0.25) is 0 Å². The Balaban J connectivity index is 1.34. The van der Waals surface area contributed by atoms with E-state index in [4.69, 9.17) is 15.0 Å². The van der Waals surface area contributed by atoms with Crippen molar-refractivity contribution in [1.29, 1.82) is 0 Å². The molecule has 0 aliphatic heterocycles. The quantitative estimate of drug-likeness (QED) is 0.132. The maximum Gasteiger partial charge on any atom is 0.164 e. The molecule has 0 unspecified atom stereocenters. The monoisotopic (exact) mass is 771 g/mol. The van der Waals surface area contributed by atoms with E-state index in [0.29, 0.717) is 0 Å². The topological polar surface area (TPSA) is 67.2 Å². The van der Waals surface area contributed by atoms with Gasteiger partial charge in [0.05, 0.1) is 66.9 Å². The fourth-order valence-electron chi connectivity index (χ4n) is 9.46. The molecule has 6 aromatic carbocycles. The summed E-state index contributed by atoms with van der Waals surface area (Å²) in [6.45, 7) is 0. The lowest BCUT2D eigenvalue weighted by Crippen LogP contribution is -2.14. The molecule has 0 amide bonds. The molecule has 7 heterocycles. The van der Waals surface area contributed by atoms with Crippen LogP contribution in [0, 0.1) is 0 Å². The highest BCUT2D eigenvalue weighted by Crippen LogP contribution is 2.40. The van der Waals surface area contributed by atoms with Crippen LogP contribution < -0.4 is 0 Å². The van der Waals surface area contributed by atoms with Crippen LogP contribution in [-0.4, -0.2) is 42.0 Å². The summed E-state index contributed by atoms with van der Waals surface area (Å²) >= 11 is 0. The fourth-order valence-corrected chi connectivity index (χ4v) is 9.46. The minimum atomic E-state index is 0.839. The third-order valence-electron chi connectivity index (χ3n) is 11.8. The molecule has 0 aliphatic rings. The Bertz CT molecular complexity index is 3610. The lowest BCUT2D eigenvalue weighted by atomic mass is 10.1. The van der Waals surface area contributed by atoms with E-state index in [1.807, 2.05) is 36.9 Å². The van der Waals surface area contributed by atoms with Gasteiger partial charge in [-0.05, 0) is 97.1 Å². The molecule has 0 saturated heterocycles. The van der Waals surface area contributed by atoms with Crippen LogP contribution in [0.4, 0.5) is 0 Å². The number of pyridine rings is 3. The average molecular weight is 772 g/mol. The highest BCUT2D eigenvalue weighted by atomic mass is 15.1. The first kappa shape index (κ1) is 32.6. The normalized spacial score (nSPS) is 12.0. The summed E-state index contributed by atoms with van der Waals surface area (Å²) in [7, 11) is 0. The molecular formula is C51H33N9. The summed E-state index contributed by atoms with van der Waals surface area (Å²) in [5, 5.41) is 0. The van der Waals surface area contributed by atoms with E-state index in [-0.39, 0.29) is 0 Å². The van der Waals surface area contributed by atoms with Crippen LogP contribution in [0.1, 0.15) is 0 Å². The molecule has 0 N–H and O–H groups in total. The maximum absolute atomic E-state index is 5.16. The van der Waals surface area contributed by atoms with Gasteiger partial charge in [-0.2, -0.15) is 0 Å². The van der Waals surface area contributed by atoms with Gasteiger partial charge in [-0.3, -0.25) is 18.5 Å². The summed E-state index contributed by atoms with van der Waals surface area (Å²) in [4.78, 5) is 15.0. The van der Waals surface area contributed by atoms with Crippen molar-refractivity contribution >= 4 is 77.5 Å². The Labute approximate surface area is 341 Å². The van der Waals surface area contributed by atoms with Crippen LogP contribution in [0.25, 0.3) is 100 Å². The molecule has 0 radical (unpaired) electrons. The number of nitrogens with zero attached hydrogens (tertiary/aromatic N) is 9. The van der Waals surface area contributed by atoms with Crippen LogP contribution in [-0.2, 0) is 0 Å². The van der Waals surface area contributed by atoms with Crippen molar-refractivity contribution in [2.24, 2.45) is 0 Å². The molecule has 13 rings (SSSR count). The number of aromatic nitrogens is 9. The van der Waals surface area contributed by atoms with E-state index in [1.54, 1.807) is 0 Å². The second-order valence-electron chi connectivity index (χ2n) is 15.0. The predicted octanol–water partition coefficient (Wildman–Crippen LogP) is 11.6. The molecule has 0 aliphatic carbocycles. The summed E-state index contributed by atoms with van der Waals surface area (Å²) in [6.07, 6.45) is 7.66. The van der Waals surface area contributed by atoms with Crippen molar-refractivity contribution in [2.45, 2.75) is 0 Å². The van der Waals surface area contributed by atoms with Gasteiger partial charge in [0, 0.05) is 41.3 Å². The van der Waals surface area contributed by atoms with Crippen molar-refractivity contribution in [3.05, 3.63) is 201 Å². The Morgan fingerprint density at radius 1 is 0.283 bits per heavy atom. The average Bonchev–Trinajstić information content (AvgIpc) is 3.32. The standard InChI is InChI=1S/C51H33N9/c1-5-15-34(16-6-1)55-39-23-13-24-40-48(39)59(42-25-14-28-53-50(42)58(40)37-21-11-4-12-22-37)45-32-46-44(31-43(45)55)56(35-17-7-2-8-18-35)41-27-30-54-51-49(41)60(46)47-33-52-29-26-38(47)57(51)36-19-9-3-10-20-36/h1-33H. The number of rotatable bonds is 4. The first-order chi connectivity index (χ1) is 29.8. The molecule has 0 fully saturated rings. The Morgan fingerprint density at radius 2 is 0.750 bits per heavy atom. The van der Waals surface area contributed by atoms with E-state index in [0.717, 1.165) is 100 Å². The van der Waals surface area contributed by atoms with Gasteiger partial charge in [0.25, 0.3) is 0 Å². The molecule has 282 valence electrons. The zero-order chi connectivity index (χ0) is 39.3. The first-order valence-corrected chi connectivity index (χ1v) is 20.0. The smallest absolute Gasteiger partial charge is 0.164 e. The Morgan fingerprint density at radius 3 is 1.37 bits per heavy atom. The highest BCUT2D eigenvalue weighted by molar-refractivity contribution is 6.09. The Hall–Kier alpha value is -8.43. The van der Waals surface area contributed by atoms with Crippen molar-refractivity contribution in [3.63, 3.8) is 0 Å². The van der Waals surface area contributed by atoms with Gasteiger partial charge in [0.2, 0.25) is 0 Å². The molecule has 0 saturated carbocycles. The number of hydrogen-bond acceptors (Lipinski definition) is 3. The second-order valence-corrected chi connectivity index (χ2v) is 15.0. The predicted molar refractivity (Wildman–Crippen MR) is 242 cm³/mol. The lowest BCUT2D eigenvalue weighted by Gasteiger charge is -2.26. The van der Waals surface area contributed by atoms with E-state index < -0.39 is 0 Å². The van der Waals surface area contributed by atoms with E-state index in [2.05, 4.69) is 191 Å². The van der Waals surface area contributed by atoms with Gasteiger partial charge in [-0.25, -0.2) is 9.97 Å². The molecule has 13 aromatic rings. The van der Waals surface area contributed by atoms with Crippen molar-refractivity contribution in [2.75, 3.05) is 0 Å². The third-order valence-corrected chi connectivity index (χ3v) is 11.8. The molecule has 7 aromatic heterocycles. The SMILES string of the molecule is c1ccc(-n2c3cc4c(cc3n3c5cccnc5n(-c5ccccc5)c5cccc2c53)n2c3cnccc3n(-c3ccccc3)c3nccc(c32)n4-c2ccccc2)cc1. The van der Waals surface area contributed by atoms with E-state index in [1.165, 1.54) is 0 Å². The summed E-state index contributed by atoms with van der Waals surface area (Å²) < 4.78 is 14.1. The summed E-state index contributed by atoms with van der Waals surface area (Å²) in [6, 6.07) is 62.1. The Kier molecular flexibility index (Phi) is 6.82. The van der Waals surface area contributed by atoms with Gasteiger partial charge in [-0.15, -0.1) is 0 Å². The molecule has 0 atom stereocenters. The summed E-state index contributed by atoms with van der Waals surface area (Å²) in [5.41, 5.74) is 18.1. The molecule has 0 spiro atoms. The first-order valence-electron chi connectivity index (χ1n) is 20.0. The van der Waals surface area contributed by atoms with Crippen molar-refractivity contribution < 1.29 is 0 Å². The van der Waals surface area contributed by atoms with Gasteiger partial charge >= 0.3 is 0 Å². The van der Waals surface area contributed by atoms with Crippen LogP contribution in [0.3, 0.4) is 0 Å². The van der Waals surface area contributed by atoms with Gasteiger partial charge in [0.15, 0.2) is 11.3 Å². The number of benzene rings is 6. The van der Waals surface area contributed by atoms with Crippen LogP contribution in [0.5, 0.6) is 0 Å². The van der Waals surface area contributed by atoms with Gasteiger partial charge in [0.1, 0.15) is 5.52 Å². The van der Waals surface area contributed by atoms with E-state index in [9.17, 15) is 0 Å². The minimum Gasteiger partial charge on any atom is -0.306 e. The maximum atomic E-state index is 5.16. The molecule has 60 heavy (non-hydrogen) atoms. The lowest BCUT2D eigenvalue weighted by molar-refractivity contribution is 1.05. The van der Waals surface area contributed by atoms with Crippen molar-refractivity contribution in [3.8, 4) is 22.7 Å². The fraction of sp³-hybridized carbons (Fsp3) is 0. The van der Waals surface area contributed by atoms with Crippen LogP contribution in [0.15, 0.2) is 201 Å². The molecule has 9 nitrogen and oxygen atoms in total. The molecule has 9 heteroatoms. The number of fused-ring (bicyclic) bond motifs is 8. The second kappa shape index (κ2) is 12.5. The van der Waals surface area contributed by atoms with Gasteiger partial charge in [-0.1, -0.05) is 78.9 Å². The zero-order valence-corrected chi connectivity index (χ0v) is 32.1. The number of para-hydroxylation sites is 5. The van der Waals surface area contributed by atoms with E-state index >= 15 is 0 Å². The van der Waals surface area contributed by atoms with Crippen molar-refractivity contribution in [1.82, 2.24) is 42.0 Å². The minimum absolute atomic E-state index is 0.839. The third kappa shape index (κ3) is 4.48. The highest BCUT2D eigenvalue weighted by Gasteiger charge is 2.24. The largest absolute Gasteiger partial charge is 0.306 e. The zero-order valence-electron chi connectivity index (χ0n) is 32.1.